The predicted octanol–water partition coefficient (Wildman–Crippen LogP) is 2.22. The highest BCUT2D eigenvalue weighted by Gasteiger charge is 2.31. The van der Waals surface area contributed by atoms with Crippen LogP contribution in [0.2, 0.25) is 0 Å². The van der Waals surface area contributed by atoms with Crippen LogP contribution in [0.3, 0.4) is 0 Å². The molecule has 0 radical (unpaired) electrons. The van der Waals surface area contributed by atoms with Gasteiger partial charge in [0.05, 0.1) is 11.0 Å². The molecule has 2 heterocycles. The quantitative estimate of drug-likeness (QED) is 0.796. The van der Waals surface area contributed by atoms with Gasteiger partial charge in [0, 0.05) is 36.8 Å². The molecule has 0 saturated carbocycles. The molecule has 2 aliphatic heterocycles. The van der Waals surface area contributed by atoms with Crippen molar-refractivity contribution in [3.05, 3.63) is 29.8 Å². The molecule has 132 valence electrons. The minimum absolute atomic E-state index is 0.0296. The molecular weight excluding hydrogens is 346 g/mol. The van der Waals surface area contributed by atoms with Crippen LogP contribution in [0.1, 0.15) is 29.6 Å². The minimum atomic E-state index is -3.25. The van der Waals surface area contributed by atoms with Crippen molar-refractivity contribution in [3.8, 4) is 0 Å². The Hall–Kier alpha value is -1.05. The third kappa shape index (κ3) is 4.13. The van der Waals surface area contributed by atoms with Gasteiger partial charge in [0.25, 0.3) is 5.91 Å². The van der Waals surface area contributed by atoms with Gasteiger partial charge in [-0.3, -0.25) is 4.79 Å². The van der Waals surface area contributed by atoms with Crippen LogP contribution in [0.15, 0.2) is 29.2 Å². The number of hydrogen-bond donors (Lipinski definition) is 0. The monoisotopic (exact) mass is 369 g/mol. The second kappa shape index (κ2) is 7.45. The third-order valence-corrected chi connectivity index (χ3v) is 6.83. The average molecular weight is 370 g/mol. The summed E-state index contributed by atoms with van der Waals surface area (Å²) in [5, 5.41) is 0. The maximum atomic E-state index is 13.0. The molecular formula is C17H23NO4S2. The molecule has 0 aliphatic carbocycles. The zero-order valence-electron chi connectivity index (χ0n) is 13.8. The predicted molar refractivity (Wildman–Crippen MR) is 95.3 cm³/mol. The molecule has 5 nitrogen and oxygen atoms in total. The highest BCUT2D eigenvalue weighted by Crippen LogP contribution is 2.26. The van der Waals surface area contributed by atoms with Crippen molar-refractivity contribution in [3.63, 3.8) is 0 Å². The molecule has 0 N–H and O–H groups in total. The lowest BCUT2D eigenvalue weighted by atomic mass is 10.1. The van der Waals surface area contributed by atoms with E-state index >= 15 is 0 Å². The first-order valence-corrected chi connectivity index (χ1v) is 11.3. The normalized spacial score (nSPS) is 24.2. The van der Waals surface area contributed by atoms with Gasteiger partial charge in [-0.05, 0) is 49.3 Å². The largest absolute Gasteiger partial charge is 0.376 e. The summed E-state index contributed by atoms with van der Waals surface area (Å²) in [6.45, 7) is 1.40. The molecule has 1 aromatic carbocycles. The molecule has 0 aromatic heterocycles. The molecule has 2 fully saturated rings. The van der Waals surface area contributed by atoms with Crippen LogP contribution >= 0.6 is 11.8 Å². The fraction of sp³-hybridized carbons (Fsp3) is 0.588. The lowest BCUT2D eigenvalue weighted by Crippen LogP contribution is -2.44. The standard InChI is InChI=1S/C17H23NO4S2/c1-24(20,21)16-6-4-13(5-7-16)17(19)18(14-8-10-23-12-14)11-15-3-2-9-22-15/h4-7,14-15H,2-3,8-12H2,1H3/t14-,15-/m0/s1. The Morgan fingerprint density at radius 1 is 1.29 bits per heavy atom. The van der Waals surface area contributed by atoms with Gasteiger partial charge in [0.2, 0.25) is 0 Å². The lowest BCUT2D eigenvalue weighted by Gasteiger charge is -2.31. The summed E-state index contributed by atoms with van der Waals surface area (Å²) >= 11 is 1.87. The van der Waals surface area contributed by atoms with Crippen LogP contribution in [0.4, 0.5) is 0 Å². The topological polar surface area (TPSA) is 63.7 Å². The Bertz CT molecular complexity index is 675. The van der Waals surface area contributed by atoms with Gasteiger partial charge in [-0.2, -0.15) is 11.8 Å². The van der Waals surface area contributed by atoms with Crippen LogP contribution in [0, 0.1) is 0 Å². The van der Waals surface area contributed by atoms with Crippen molar-refractivity contribution in [2.75, 3.05) is 30.9 Å². The number of rotatable bonds is 5. The summed E-state index contributed by atoms with van der Waals surface area (Å²) in [6, 6.07) is 6.49. The molecule has 2 saturated heterocycles. The first-order valence-electron chi connectivity index (χ1n) is 8.25. The summed E-state index contributed by atoms with van der Waals surface area (Å²) in [7, 11) is -3.25. The van der Waals surface area contributed by atoms with Gasteiger partial charge in [-0.25, -0.2) is 8.42 Å². The smallest absolute Gasteiger partial charge is 0.254 e. The number of nitrogens with zero attached hydrogens (tertiary/aromatic N) is 1. The Morgan fingerprint density at radius 2 is 2.04 bits per heavy atom. The fourth-order valence-corrected chi connectivity index (χ4v) is 5.04. The molecule has 0 bridgehead atoms. The van der Waals surface area contributed by atoms with Crippen LogP contribution in [0.25, 0.3) is 0 Å². The molecule has 2 aliphatic rings. The van der Waals surface area contributed by atoms with Crippen molar-refractivity contribution < 1.29 is 17.9 Å². The van der Waals surface area contributed by atoms with E-state index in [1.807, 2.05) is 16.7 Å². The lowest BCUT2D eigenvalue weighted by molar-refractivity contribution is 0.0441. The van der Waals surface area contributed by atoms with Gasteiger partial charge in [0.1, 0.15) is 0 Å². The third-order valence-electron chi connectivity index (χ3n) is 4.56. The zero-order valence-corrected chi connectivity index (χ0v) is 15.4. The SMILES string of the molecule is CS(=O)(=O)c1ccc(C(=O)N(C[C@@H]2CCCO2)[C@H]2CCSC2)cc1. The van der Waals surface area contributed by atoms with Crippen molar-refractivity contribution in [1.29, 1.82) is 0 Å². The van der Waals surface area contributed by atoms with E-state index in [-0.39, 0.29) is 22.9 Å². The van der Waals surface area contributed by atoms with Crippen molar-refractivity contribution >= 4 is 27.5 Å². The maximum absolute atomic E-state index is 13.0. The van der Waals surface area contributed by atoms with Crippen LogP contribution in [-0.4, -0.2) is 62.3 Å². The van der Waals surface area contributed by atoms with Gasteiger partial charge in [-0.15, -0.1) is 0 Å². The van der Waals surface area contributed by atoms with E-state index in [1.165, 1.54) is 18.4 Å². The first kappa shape index (κ1) is 17.8. The number of hydrogen-bond acceptors (Lipinski definition) is 5. The molecule has 24 heavy (non-hydrogen) atoms. The molecule has 0 unspecified atom stereocenters. The molecule has 1 aromatic rings. The number of carbonyl (C=O) groups excluding carboxylic acids is 1. The number of sulfone groups is 1. The average Bonchev–Trinajstić information content (AvgIpc) is 3.24. The zero-order chi connectivity index (χ0) is 17.2. The maximum Gasteiger partial charge on any atom is 0.254 e. The molecule has 3 rings (SSSR count). The van der Waals surface area contributed by atoms with Gasteiger partial charge >= 0.3 is 0 Å². The summed E-state index contributed by atoms with van der Waals surface area (Å²) in [5.74, 6) is 2.01. The van der Waals surface area contributed by atoms with E-state index < -0.39 is 9.84 Å². The summed E-state index contributed by atoms with van der Waals surface area (Å²) in [5.41, 5.74) is 0.539. The highest BCUT2D eigenvalue weighted by molar-refractivity contribution is 7.99. The van der Waals surface area contributed by atoms with Crippen LogP contribution in [0.5, 0.6) is 0 Å². The van der Waals surface area contributed by atoms with Gasteiger partial charge < -0.3 is 9.64 Å². The van der Waals surface area contributed by atoms with Crippen molar-refractivity contribution in [1.82, 2.24) is 4.90 Å². The van der Waals surface area contributed by atoms with E-state index in [4.69, 9.17) is 4.74 Å². The molecule has 2 atom stereocenters. The fourth-order valence-electron chi connectivity index (χ4n) is 3.18. The number of benzene rings is 1. The summed E-state index contributed by atoms with van der Waals surface area (Å²) < 4.78 is 28.9. The second-order valence-corrected chi connectivity index (χ2v) is 9.57. The molecule has 0 spiro atoms. The first-order chi connectivity index (χ1) is 11.4. The van der Waals surface area contributed by atoms with Crippen molar-refractivity contribution in [2.24, 2.45) is 0 Å². The Labute approximate surface area is 147 Å². The van der Waals surface area contributed by atoms with E-state index in [9.17, 15) is 13.2 Å². The number of amides is 1. The number of thioether (sulfide) groups is 1. The second-order valence-electron chi connectivity index (χ2n) is 6.41. The Balaban J connectivity index is 1.79. The Morgan fingerprint density at radius 3 is 2.58 bits per heavy atom. The summed E-state index contributed by atoms with van der Waals surface area (Å²) in [6.07, 6.45) is 4.34. The minimum Gasteiger partial charge on any atom is -0.376 e. The number of carbonyl (C=O) groups is 1. The highest BCUT2D eigenvalue weighted by atomic mass is 32.2. The van der Waals surface area contributed by atoms with E-state index in [2.05, 4.69) is 0 Å². The van der Waals surface area contributed by atoms with E-state index in [1.54, 1.807) is 12.1 Å². The van der Waals surface area contributed by atoms with E-state index in [0.717, 1.165) is 37.4 Å². The van der Waals surface area contributed by atoms with Crippen LogP contribution in [-0.2, 0) is 14.6 Å². The van der Waals surface area contributed by atoms with Gasteiger partial charge in [-0.1, -0.05) is 0 Å². The van der Waals surface area contributed by atoms with Crippen molar-refractivity contribution in [2.45, 2.75) is 36.3 Å². The summed E-state index contributed by atoms with van der Waals surface area (Å²) in [4.78, 5) is 15.2. The molecule has 7 heteroatoms. The molecule has 1 amide bonds. The number of ether oxygens (including phenoxy) is 1. The van der Waals surface area contributed by atoms with Crippen LogP contribution < -0.4 is 0 Å². The Kier molecular flexibility index (Phi) is 5.52. The van der Waals surface area contributed by atoms with Gasteiger partial charge in [0.15, 0.2) is 9.84 Å². The van der Waals surface area contributed by atoms with E-state index in [0.29, 0.717) is 12.1 Å².